The summed E-state index contributed by atoms with van der Waals surface area (Å²) in [4.78, 5) is 21.3. The molecule has 182 valence electrons. The number of aliphatic imine (C=N–C) groups is 1. The molecule has 0 atom stereocenters. The van der Waals surface area contributed by atoms with Crippen molar-refractivity contribution in [1.29, 1.82) is 0 Å². The lowest BCUT2D eigenvalue weighted by Crippen LogP contribution is -2.20. The van der Waals surface area contributed by atoms with Crippen molar-refractivity contribution in [2.75, 3.05) is 13.7 Å². The highest BCUT2D eigenvalue weighted by molar-refractivity contribution is 6.03. The average molecular weight is 487 g/mol. The summed E-state index contributed by atoms with van der Waals surface area (Å²) < 4.78 is 33.8. The highest BCUT2D eigenvalue weighted by Gasteiger charge is 2.19. The van der Waals surface area contributed by atoms with Gasteiger partial charge in [0.25, 0.3) is 5.56 Å². The van der Waals surface area contributed by atoms with Gasteiger partial charge in [-0.05, 0) is 85.6 Å². The first-order chi connectivity index (χ1) is 17.4. The minimum absolute atomic E-state index is 0.289. The summed E-state index contributed by atoms with van der Waals surface area (Å²) in [5, 5.41) is 3.99. The number of H-pyrrole nitrogens is 2. The number of ether oxygens (including phenoxy) is 1. The lowest BCUT2D eigenvalue weighted by atomic mass is 10.0. The van der Waals surface area contributed by atoms with Crippen LogP contribution in [0, 0.1) is 11.6 Å². The molecule has 0 amide bonds. The number of nitrogens with zero attached hydrogens (tertiary/aromatic N) is 2. The highest BCUT2D eigenvalue weighted by atomic mass is 19.1. The van der Waals surface area contributed by atoms with Crippen LogP contribution in [0.4, 0.5) is 8.78 Å². The van der Waals surface area contributed by atoms with Gasteiger partial charge in [-0.1, -0.05) is 0 Å². The van der Waals surface area contributed by atoms with E-state index in [-0.39, 0.29) is 17.2 Å². The molecule has 6 nitrogen and oxygen atoms in total. The molecular weight excluding hydrogens is 462 g/mol. The van der Waals surface area contributed by atoms with Crippen LogP contribution in [-0.2, 0) is 6.42 Å². The summed E-state index contributed by atoms with van der Waals surface area (Å²) in [6.07, 6.45) is 2.44. The van der Waals surface area contributed by atoms with Crippen molar-refractivity contribution in [3.05, 3.63) is 106 Å². The molecule has 0 spiro atoms. The van der Waals surface area contributed by atoms with Crippen LogP contribution in [0.25, 0.3) is 27.8 Å². The molecular formula is C28H24F2N4O2. The van der Waals surface area contributed by atoms with Gasteiger partial charge in [0.2, 0.25) is 0 Å². The molecule has 8 heteroatoms. The van der Waals surface area contributed by atoms with Gasteiger partial charge < -0.3 is 9.72 Å². The number of fused-ring (bicyclic) bond motifs is 1. The smallest absolute Gasteiger partial charge is 0.280 e. The van der Waals surface area contributed by atoms with Crippen LogP contribution in [0.3, 0.4) is 0 Å². The largest absolute Gasteiger partial charge is 0.497 e. The monoisotopic (exact) mass is 486 g/mol. The van der Waals surface area contributed by atoms with Gasteiger partial charge in [0.1, 0.15) is 17.4 Å². The van der Waals surface area contributed by atoms with Gasteiger partial charge in [-0.2, -0.15) is 0 Å². The third-order valence-electron chi connectivity index (χ3n) is 6.18. The third kappa shape index (κ3) is 4.45. The van der Waals surface area contributed by atoms with Crippen molar-refractivity contribution in [1.82, 2.24) is 14.8 Å². The van der Waals surface area contributed by atoms with E-state index in [2.05, 4.69) is 10.1 Å². The number of methoxy groups -OCH3 is 1. The van der Waals surface area contributed by atoms with Gasteiger partial charge in [0.05, 0.1) is 24.1 Å². The van der Waals surface area contributed by atoms with Crippen LogP contribution < -0.4 is 10.3 Å². The molecule has 5 aromatic rings. The Labute approximate surface area is 205 Å². The zero-order valence-electron chi connectivity index (χ0n) is 19.8. The van der Waals surface area contributed by atoms with Crippen molar-refractivity contribution >= 4 is 16.6 Å². The number of hydrogen-bond donors (Lipinski definition) is 2. The molecule has 0 bridgehead atoms. The van der Waals surface area contributed by atoms with Crippen molar-refractivity contribution in [2.24, 2.45) is 4.99 Å². The molecule has 0 unspecified atom stereocenters. The second kappa shape index (κ2) is 9.65. The zero-order chi connectivity index (χ0) is 25.2. The minimum atomic E-state index is -0.385. The Morgan fingerprint density at radius 2 is 1.72 bits per heavy atom. The van der Waals surface area contributed by atoms with E-state index in [1.165, 1.54) is 41.1 Å². The Hall–Kier alpha value is -4.46. The van der Waals surface area contributed by atoms with E-state index in [9.17, 15) is 13.6 Å². The van der Waals surface area contributed by atoms with E-state index < -0.39 is 0 Å². The summed E-state index contributed by atoms with van der Waals surface area (Å²) >= 11 is 0. The second-order valence-electron chi connectivity index (χ2n) is 8.43. The highest BCUT2D eigenvalue weighted by Crippen LogP contribution is 2.25. The van der Waals surface area contributed by atoms with Crippen LogP contribution >= 0.6 is 0 Å². The summed E-state index contributed by atoms with van der Waals surface area (Å²) in [6.45, 7) is 2.21. The molecule has 0 fully saturated rings. The van der Waals surface area contributed by atoms with Gasteiger partial charge >= 0.3 is 0 Å². The molecule has 0 aliphatic rings. The normalized spacial score (nSPS) is 11.8. The van der Waals surface area contributed by atoms with Gasteiger partial charge in [-0.3, -0.25) is 14.9 Å². The van der Waals surface area contributed by atoms with Gasteiger partial charge in [0.15, 0.2) is 0 Å². The van der Waals surface area contributed by atoms with E-state index in [4.69, 9.17) is 9.73 Å². The minimum Gasteiger partial charge on any atom is -0.497 e. The number of rotatable bonds is 7. The fourth-order valence-corrected chi connectivity index (χ4v) is 4.29. The molecule has 5 rings (SSSR count). The SMILES string of the molecule is COc1ccc(-c2[nH]n(-c3ccc(F)cc3)c(=O)c2C(C)=NCCc2c[nH]c3ccc(F)cc23)cc1. The number of aromatic amines is 2. The number of hydrogen-bond acceptors (Lipinski definition) is 3. The molecule has 2 aromatic heterocycles. The van der Waals surface area contributed by atoms with E-state index in [1.54, 1.807) is 20.1 Å². The average Bonchev–Trinajstić information content (AvgIpc) is 3.45. The fourth-order valence-electron chi connectivity index (χ4n) is 4.29. The van der Waals surface area contributed by atoms with Gasteiger partial charge in [0, 0.05) is 34.9 Å². The van der Waals surface area contributed by atoms with Crippen molar-refractivity contribution in [3.63, 3.8) is 0 Å². The van der Waals surface area contributed by atoms with Crippen LogP contribution in [0.2, 0.25) is 0 Å². The standard InChI is InChI=1S/C28H24F2N4O2/c1-17(31-14-13-19-16-32-25-12-7-21(30)15-24(19)25)26-27(18-3-10-23(36-2)11-4-18)33-34(28(26)35)22-8-5-20(29)6-9-22/h3-12,15-16,32-33H,13-14H2,1-2H3. The molecule has 36 heavy (non-hydrogen) atoms. The molecule has 2 heterocycles. The van der Waals surface area contributed by atoms with Gasteiger partial charge in [-0.15, -0.1) is 0 Å². The van der Waals surface area contributed by atoms with E-state index in [0.29, 0.717) is 41.4 Å². The lowest BCUT2D eigenvalue weighted by Gasteiger charge is -2.05. The van der Waals surface area contributed by atoms with Crippen molar-refractivity contribution in [3.8, 4) is 22.7 Å². The summed E-state index contributed by atoms with van der Waals surface area (Å²) in [5.41, 5.74) is 4.41. The summed E-state index contributed by atoms with van der Waals surface area (Å²) in [6, 6.07) is 17.7. The number of aromatic nitrogens is 3. The lowest BCUT2D eigenvalue weighted by molar-refractivity contribution is 0.415. The maximum atomic E-state index is 13.7. The number of nitrogens with one attached hydrogen (secondary N) is 2. The first-order valence-electron chi connectivity index (χ1n) is 11.5. The molecule has 0 saturated heterocycles. The molecule has 3 aromatic carbocycles. The maximum absolute atomic E-state index is 13.7. The molecule has 0 aliphatic heterocycles. The molecule has 2 N–H and O–H groups in total. The summed E-state index contributed by atoms with van der Waals surface area (Å²) in [5.74, 6) is 0.0193. The Bertz CT molecular complexity index is 1610. The zero-order valence-corrected chi connectivity index (χ0v) is 19.8. The fraction of sp³-hybridized carbons (Fsp3) is 0.143. The predicted octanol–water partition coefficient (Wildman–Crippen LogP) is 5.65. The second-order valence-corrected chi connectivity index (χ2v) is 8.43. The third-order valence-corrected chi connectivity index (χ3v) is 6.18. The Balaban J connectivity index is 1.51. The van der Waals surface area contributed by atoms with Crippen LogP contribution in [0.15, 0.2) is 82.7 Å². The molecule has 0 saturated carbocycles. The quantitative estimate of drug-likeness (QED) is 0.292. The van der Waals surface area contributed by atoms with Crippen LogP contribution in [0.1, 0.15) is 18.1 Å². The first-order valence-corrected chi connectivity index (χ1v) is 11.5. The molecule has 0 radical (unpaired) electrons. The Kier molecular flexibility index (Phi) is 6.25. The van der Waals surface area contributed by atoms with Crippen LogP contribution in [-0.4, -0.2) is 34.1 Å². The molecule has 0 aliphatic carbocycles. The first kappa shape index (κ1) is 23.3. The predicted molar refractivity (Wildman–Crippen MR) is 137 cm³/mol. The van der Waals surface area contributed by atoms with E-state index in [1.807, 2.05) is 30.5 Å². The Morgan fingerprint density at radius 3 is 2.44 bits per heavy atom. The topological polar surface area (TPSA) is 75.2 Å². The summed E-state index contributed by atoms with van der Waals surface area (Å²) in [7, 11) is 1.59. The van der Waals surface area contributed by atoms with E-state index >= 15 is 0 Å². The van der Waals surface area contributed by atoms with Crippen molar-refractivity contribution < 1.29 is 13.5 Å². The van der Waals surface area contributed by atoms with E-state index in [0.717, 1.165) is 22.0 Å². The Morgan fingerprint density at radius 1 is 1.00 bits per heavy atom. The van der Waals surface area contributed by atoms with Crippen LogP contribution in [0.5, 0.6) is 5.75 Å². The number of halogens is 2. The van der Waals surface area contributed by atoms with Crippen molar-refractivity contribution in [2.45, 2.75) is 13.3 Å². The number of benzene rings is 3. The maximum Gasteiger partial charge on any atom is 0.280 e. The van der Waals surface area contributed by atoms with Gasteiger partial charge in [-0.25, -0.2) is 13.5 Å².